The molecule has 0 saturated carbocycles. The second-order valence-electron chi connectivity index (χ2n) is 5.69. The standard InChI is InChI=1S/C17H15F2N5O3S/c1-9-7-13-22-23-17(24(13)10(2)20-9)28-8-14(25)21-15(26)11-3-5-12(6-4-11)27-16(18)19/h3-7,16H,8H2,1-2H3,(H,21,25,26). The zero-order valence-electron chi connectivity index (χ0n) is 14.8. The van der Waals surface area contributed by atoms with Gasteiger partial charge in [-0.1, -0.05) is 11.8 Å². The molecule has 2 heterocycles. The SMILES string of the molecule is Cc1cc2nnc(SCC(=O)NC(=O)c3ccc(OC(F)F)cc3)n2c(C)n1. The van der Waals surface area contributed by atoms with Crippen LogP contribution in [0.25, 0.3) is 5.65 Å². The average Bonchev–Trinajstić information content (AvgIpc) is 3.03. The van der Waals surface area contributed by atoms with E-state index < -0.39 is 18.4 Å². The zero-order chi connectivity index (χ0) is 20.3. The van der Waals surface area contributed by atoms with E-state index >= 15 is 0 Å². The molecular weight excluding hydrogens is 392 g/mol. The molecule has 0 unspecified atom stereocenters. The molecule has 1 N–H and O–H groups in total. The molecule has 11 heteroatoms. The number of hydrogen-bond acceptors (Lipinski definition) is 7. The Morgan fingerprint density at radius 3 is 2.61 bits per heavy atom. The number of benzene rings is 1. The van der Waals surface area contributed by atoms with Gasteiger partial charge in [-0.25, -0.2) is 4.98 Å². The maximum Gasteiger partial charge on any atom is 0.387 e. The van der Waals surface area contributed by atoms with Crippen molar-refractivity contribution in [3.05, 3.63) is 47.4 Å². The van der Waals surface area contributed by atoms with Crippen LogP contribution < -0.4 is 10.1 Å². The number of imide groups is 1. The lowest BCUT2D eigenvalue weighted by molar-refractivity contribution is -0.117. The lowest BCUT2D eigenvalue weighted by atomic mass is 10.2. The fourth-order valence-corrected chi connectivity index (χ4v) is 3.24. The normalized spacial score (nSPS) is 11.0. The number of nitrogens with zero attached hydrogens (tertiary/aromatic N) is 4. The summed E-state index contributed by atoms with van der Waals surface area (Å²) in [7, 11) is 0. The Kier molecular flexibility index (Phi) is 5.83. The van der Waals surface area contributed by atoms with Crippen molar-refractivity contribution in [1.82, 2.24) is 24.9 Å². The van der Waals surface area contributed by atoms with Gasteiger partial charge in [-0.15, -0.1) is 10.2 Å². The average molecular weight is 407 g/mol. The number of carbonyl (C=O) groups is 2. The number of amides is 2. The molecule has 3 aromatic rings. The molecule has 0 fully saturated rings. The highest BCUT2D eigenvalue weighted by Gasteiger charge is 2.15. The van der Waals surface area contributed by atoms with Crippen LogP contribution in [0, 0.1) is 13.8 Å². The van der Waals surface area contributed by atoms with Gasteiger partial charge in [-0.05, 0) is 38.1 Å². The molecule has 0 aliphatic carbocycles. The highest BCUT2D eigenvalue weighted by Crippen LogP contribution is 2.19. The van der Waals surface area contributed by atoms with E-state index in [-0.39, 0.29) is 17.1 Å². The second kappa shape index (κ2) is 8.30. The predicted octanol–water partition coefficient (Wildman–Crippen LogP) is 2.39. The molecule has 28 heavy (non-hydrogen) atoms. The highest BCUT2D eigenvalue weighted by molar-refractivity contribution is 7.99. The van der Waals surface area contributed by atoms with Crippen molar-refractivity contribution in [2.24, 2.45) is 0 Å². The number of aryl methyl sites for hydroxylation is 2. The van der Waals surface area contributed by atoms with E-state index in [1.165, 1.54) is 24.3 Å². The summed E-state index contributed by atoms with van der Waals surface area (Å²) < 4.78 is 30.2. The van der Waals surface area contributed by atoms with Crippen LogP contribution in [0.5, 0.6) is 5.75 Å². The molecule has 0 saturated heterocycles. The summed E-state index contributed by atoms with van der Waals surface area (Å²) in [6.07, 6.45) is 0. The minimum absolute atomic E-state index is 0.0631. The summed E-state index contributed by atoms with van der Waals surface area (Å²) in [6, 6.07) is 6.80. The van der Waals surface area contributed by atoms with Crippen LogP contribution in [-0.4, -0.2) is 43.8 Å². The number of halogens is 2. The number of carbonyl (C=O) groups excluding carboxylic acids is 2. The van der Waals surface area contributed by atoms with E-state index in [1.807, 2.05) is 6.92 Å². The third-order valence-electron chi connectivity index (χ3n) is 3.59. The molecular formula is C17H15F2N5O3S. The molecule has 0 radical (unpaired) electrons. The van der Waals surface area contributed by atoms with Crippen molar-refractivity contribution in [3.63, 3.8) is 0 Å². The summed E-state index contributed by atoms with van der Waals surface area (Å²) in [4.78, 5) is 28.5. The number of fused-ring (bicyclic) bond motifs is 1. The summed E-state index contributed by atoms with van der Waals surface area (Å²) in [5, 5.41) is 10.8. The van der Waals surface area contributed by atoms with Gasteiger partial charge in [0.2, 0.25) is 5.91 Å². The molecule has 0 atom stereocenters. The van der Waals surface area contributed by atoms with E-state index in [2.05, 4.69) is 25.2 Å². The molecule has 2 amide bonds. The van der Waals surface area contributed by atoms with Crippen LogP contribution in [0.15, 0.2) is 35.5 Å². The van der Waals surface area contributed by atoms with Crippen LogP contribution in [0.3, 0.4) is 0 Å². The predicted molar refractivity (Wildman–Crippen MR) is 96.5 cm³/mol. The first-order valence-corrected chi connectivity index (χ1v) is 9.03. The molecule has 146 valence electrons. The summed E-state index contributed by atoms with van der Waals surface area (Å²) in [5.74, 6) is -0.630. The zero-order valence-corrected chi connectivity index (χ0v) is 15.7. The summed E-state index contributed by atoms with van der Waals surface area (Å²) in [5.41, 5.74) is 1.57. The lowest BCUT2D eigenvalue weighted by Crippen LogP contribution is -2.31. The van der Waals surface area contributed by atoms with Gasteiger partial charge < -0.3 is 4.74 Å². The smallest absolute Gasteiger partial charge is 0.387 e. The molecule has 3 rings (SSSR count). The minimum Gasteiger partial charge on any atom is -0.435 e. The van der Waals surface area contributed by atoms with Gasteiger partial charge in [-0.2, -0.15) is 8.78 Å². The first-order valence-electron chi connectivity index (χ1n) is 8.04. The molecule has 2 aromatic heterocycles. The maximum atomic E-state index is 12.1. The van der Waals surface area contributed by atoms with Crippen molar-refractivity contribution in [2.45, 2.75) is 25.6 Å². The van der Waals surface area contributed by atoms with Gasteiger partial charge >= 0.3 is 6.61 Å². The Morgan fingerprint density at radius 2 is 1.93 bits per heavy atom. The Morgan fingerprint density at radius 1 is 1.21 bits per heavy atom. The fraction of sp³-hybridized carbons (Fsp3) is 0.235. The number of hydrogen-bond donors (Lipinski definition) is 1. The largest absolute Gasteiger partial charge is 0.435 e. The van der Waals surface area contributed by atoms with Gasteiger partial charge in [-0.3, -0.25) is 19.3 Å². The summed E-state index contributed by atoms with van der Waals surface area (Å²) >= 11 is 1.11. The van der Waals surface area contributed by atoms with Crippen LogP contribution in [0.4, 0.5) is 8.78 Å². The molecule has 8 nitrogen and oxygen atoms in total. The van der Waals surface area contributed by atoms with Crippen LogP contribution in [0.2, 0.25) is 0 Å². The first-order chi connectivity index (χ1) is 13.3. The molecule has 0 bridgehead atoms. The van der Waals surface area contributed by atoms with E-state index in [0.29, 0.717) is 16.6 Å². The van der Waals surface area contributed by atoms with Crippen LogP contribution in [-0.2, 0) is 4.79 Å². The van der Waals surface area contributed by atoms with E-state index in [4.69, 9.17) is 0 Å². The van der Waals surface area contributed by atoms with Gasteiger partial charge in [0, 0.05) is 17.3 Å². The van der Waals surface area contributed by atoms with Gasteiger partial charge in [0.1, 0.15) is 11.6 Å². The Bertz CT molecular complexity index is 1020. The molecule has 0 aliphatic rings. The Balaban J connectivity index is 1.59. The lowest BCUT2D eigenvalue weighted by Gasteiger charge is -2.07. The monoisotopic (exact) mass is 407 g/mol. The fourth-order valence-electron chi connectivity index (χ4n) is 2.45. The number of aromatic nitrogens is 4. The van der Waals surface area contributed by atoms with Crippen molar-refractivity contribution in [1.29, 1.82) is 0 Å². The van der Waals surface area contributed by atoms with E-state index in [9.17, 15) is 18.4 Å². The summed E-state index contributed by atoms with van der Waals surface area (Å²) in [6.45, 7) is 0.701. The maximum absolute atomic E-state index is 12.1. The van der Waals surface area contributed by atoms with Crippen LogP contribution >= 0.6 is 11.8 Å². The van der Waals surface area contributed by atoms with Crippen molar-refractivity contribution in [2.75, 3.05) is 5.75 Å². The third kappa shape index (κ3) is 4.60. The van der Waals surface area contributed by atoms with Crippen molar-refractivity contribution >= 4 is 29.2 Å². The van der Waals surface area contributed by atoms with Crippen molar-refractivity contribution in [3.8, 4) is 5.75 Å². The molecule has 0 spiro atoms. The van der Waals surface area contributed by atoms with Gasteiger partial charge in [0.25, 0.3) is 5.91 Å². The van der Waals surface area contributed by atoms with E-state index in [0.717, 1.165) is 17.5 Å². The number of thioether (sulfide) groups is 1. The quantitative estimate of drug-likeness (QED) is 0.627. The van der Waals surface area contributed by atoms with E-state index in [1.54, 1.807) is 17.4 Å². The van der Waals surface area contributed by atoms with Crippen LogP contribution in [0.1, 0.15) is 21.9 Å². The molecule has 0 aliphatic heterocycles. The Labute approximate surface area is 162 Å². The first kappa shape index (κ1) is 19.7. The Hall–Kier alpha value is -3.08. The number of rotatable bonds is 6. The number of nitrogens with one attached hydrogen (secondary N) is 1. The van der Waals surface area contributed by atoms with Crippen molar-refractivity contribution < 1.29 is 23.1 Å². The van der Waals surface area contributed by atoms with Gasteiger partial charge in [0.15, 0.2) is 10.8 Å². The minimum atomic E-state index is -2.95. The molecule has 1 aromatic carbocycles. The third-order valence-corrected chi connectivity index (χ3v) is 4.51. The number of alkyl halides is 2. The number of ether oxygens (including phenoxy) is 1. The second-order valence-corrected chi connectivity index (χ2v) is 6.63. The van der Waals surface area contributed by atoms with Gasteiger partial charge in [0.05, 0.1) is 5.75 Å². The highest BCUT2D eigenvalue weighted by atomic mass is 32.2. The topological polar surface area (TPSA) is 98.5 Å².